The number of sulfonamides is 1. The molecule has 5 rings (SSSR count). The van der Waals surface area contributed by atoms with Gasteiger partial charge in [-0.2, -0.15) is 9.29 Å². The predicted molar refractivity (Wildman–Crippen MR) is 136 cm³/mol. The van der Waals surface area contributed by atoms with Crippen molar-refractivity contribution in [2.45, 2.75) is 43.0 Å². The van der Waals surface area contributed by atoms with Crippen LogP contribution in [0.3, 0.4) is 0 Å². The van der Waals surface area contributed by atoms with Crippen LogP contribution in [0.4, 0.5) is 23.1 Å². The van der Waals surface area contributed by atoms with Gasteiger partial charge in [0.2, 0.25) is 21.9 Å². The second-order valence-corrected chi connectivity index (χ2v) is 11.5. The minimum Gasteiger partial charge on any atom is -0.351 e. The number of carbonyl (C=O) groups excluding carboxylic acids is 1. The Morgan fingerprint density at radius 3 is 2.34 bits per heavy atom. The molecule has 3 heterocycles. The maximum absolute atomic E-state index is 13.0. The van der Waals surface area contributed by atoms with Crippen LogP contribution in [0.15, 0.2) is 35.4 Å². The summed E-state index contributed by atoms with van der Waals surface area (Å²) in [5.41, 5.74) is 1.42. The van der Waals surface area contributed by atoms with Crippen LogP contribution in [-0.4, -0.2) is 86.4 Å². The number of hydrogen-bond acceptors (Lipinski definition) is 8. The Morgan fingerprint density at radius 1 is 0.971 bits per heavy atom. The first-order valence-electron chi connectivity index (χ1n) is 12.3. The number of amides is 1. The summed E-state index contributed by atoms with van der Waals surface area (Å²) in [4.78, 5) is 28.1. The molecule has 35 heavy (non-hydrogen) atoms. The van der Waals surface area contributed by atoms with E-state index in [9.17, 15) is 13.2 Å². The van der Waals surface area contributed by atoms with Crippen LogP contribution in [0.1, 0.15) is 32.1 Å². The topological polar surface area (TPSA) is 102 Å². The van der Waals surface area contributed by atoms with Gasteiger partial charge in [-0.3, -0.25) is 4.79 Å². The number of benzene rings is 1. The molecule has 188 valence electrons. The van der Waals surface area contributed by atoms with Gasteiger partial charge < -0.3 is 20.0 Å². The molecule has 0 radical (unpaired) electrons. The van der Waals surface area contributed by atoms with Crippen LogP contribution in [0.25, 0.3) is 0 Å². The highest BCUT2D eigenvalue weighted by Crippen LogP contribution is 2.36. The van der Waals surface area contributed by atoms with E-state index in [-0.39, 0.29) is 10.8 Å². The molecule has 0 atom stereocenters. The monoisotopic (exact) mass is 499 g/mol. The number of carbonyl (C=O) groups is 1. The summed E-state index contributed by atoms with van der Waals surface area (Å²) >= 11 is 0. The Labute approximate surface area is 207 Å². The van der Waals surface area contributed by atoms with Crippen LogP contribution in [0.5, 0.6) is 0 Å². The zero-order valence-electron chi connectivity index (χ0n) is 20.4. The number of rotatable bonds is 5. The van der Waals surface area contributed by atoms with Crippen LogP contribution >= 0.6 is 0 Å². The fourth-order valence-electron chi connectivity index (χ4n) is 5.09. The van der Waals surface area contributed by atoms with E-state index in [1.54, 1.807) is 46.7 Å². The average molecular weight is 500 g/mol. The summed E-state index contributed by atoms with van der Waals surface area (Å²) in [6.07, 6.45) is 6.75. The van der Waals surface area contributed by atoms with E-state index >= 15 is 0 Å². The first kappa shape index (κ1) is 24.0. The Morgan fingerprint density at radius 2 is 1.66 bits per heavy atom. The predicted octanol–water partition coefficient (Wildman–Crippen LogP) is 2.27. The first-order valence-corrected chi connectivity index (χ1v) is 13.7. The zero-order valence-corrected chi connectivity index (χ0v) is 21.2. The third-order valence-corrected chi connectivity index (χ3v) is 9.21. The minimum absolute atomic E-state index is 0.0632. The average Bonchev–Trinajstić information content (AvgIpc) is 3.35. The van der Waals surface area contributed by atoms with Crippen molar-refractivity contribution in [2.75, 3.05) is 61.9 Å². The van der Waals surface area contributed by atoms with E-state index in [2.05, 4.69) is 20.1 Å². The molecule has 1 amide bonds. The number of hydrogen-bond donors (Lipinski definition) is 1. The van der Waals surface area contributed by atoms with Gasteiger partial charge in [0.25, 0.3) is 0 Å². The Hall–Kier alpha value is -2.76. The second kappa shape index (κ2) is 9.71. The highest BCUT2D eigenvalue weighted by molar-refractivity contribution is 7.89. The van der Waals surface area contributed by atoms with Crippen molar-refractivity contribution in [1.29, 1.82) is 0 Å². The minimum atomic E-state index is -3.52. The summed E-state index contributed by atoms with van der Waals surface area (Å²) in [5.74, 6) is 1.26. The van der Waals surface area contributed by atoms with Gasteiger partial charge in [-0.15, -0.1) is 0 Å². The van der Waals surface area contributed by atoms with Gasteiger partial charge in [0.05, 0.1) is 11.1 Å². The van der Waals surface area contributed by atoms with Gasteiger partial charge in [-0.05, 0) is 44.2 Å². The number of anilines is 4. The van der Waals surface area contributed by atoms with Crippen molar-refractivity contribution < 1.29 is 13.2 Å². The van der Waals surface area contributed by atoms with Crippen LogP contribution in [0.2, 0.25) is 0 Å². The molecule has 10 nitrogen and oxygen atoms in total. The maximum atomic E-state index is 13.0. The molecule has 1 aliphatic carbocycles. The van der Waals surface area contributed by atoms with Gasteiger partial charge >= 0.3 is 0 Å². The fraction of sp³-hybridized carbons (Fsp3) is 0.542. The highest BCUT2D eigenvalue weighted by Gasteiger charge is 2.32. The molecule has 0 spiro atoms. The van der Waals surface area contributed by atoms with Gasteiger partial charge in [0.15, 0.2) is 5.82 Å². The van der Waals surface area contributed by atoms with E-state index in [0.29, 0.717) is 43.7 Å². The maximum Gasteiger partial charge on any atom is 0.243 e. The number of likely N-dealkylation sites (N-methyl/N-ethyl adjacent to an activating group) is 1. The van der Waals surface area contributed by atoms with Crippen molar-refractivity contribution in [3.8, 4) is 0 Å². The molecule has 11 heteroatoms. The summed E-state index contributed by atoms with van der Waals surface area (Å²) in [6.45, 7) is 3.10. The standard InChI is InChI=1S/C24H33N7O3S/c1-28-13-15-30(16-14-28)35(33,34)20-9-7-18(8-10-20)26-24-25-17-21-23(27-24)31(19-5-3-4-6-19)12-11-22(32)29(21)2/h7-10,17,19H,3-6,11-16H2,1-2H3,(H,25,26,27). The summed E-state index contributed by atoms with van der Waals surface area (Å²) < 4.78 is 27.5. The molecule has 0 unspecified atom stereocenters. The number of piperazine rings is 1. The molecule has 1 aromatic heterocycles. The van der Waals surface area contributed by atoms with Crippen molar-refractivity contribution in [3.05, 3.63) is 30.5 Å². The van der Waals surface area contributed by atoms with E-state index in [1.807, 2.05) is 7.05 Å². The van der Waals surface area contributed by atoms with Gasteiger partial charge in [0.1, 0.15) is 5.69 Å². The largest absolute Gasteiger partial charge is 0.351 e. The van der Waals surface area contributed by atoms with Crippen molar-refractivity contribution >= 4 is 39.1 Å². The quantitative estimate of drug-likeness (QED) is 0.669. The lowest BCUT2D eigenvalue weighted by atomic mass is 10.2. The molecular weight excluding hydrogens is 466 g/mol. The molecule has 1 saturated heterocycles. The van der Waals surface area contributed by atoms with E-state index in [1.165, 1.54) is 12.8 Å². The molecule has 2 aromatic rings. The molecule has 1 aromatic carbocycles. The van der Waals surface area contributed by atoms with Crippen LogP contribution < -0.4 is 15.1 Å². The van der Waals surface area contributed by atoms with Gasteiger partial charge in [0, 0.05) is 57.9 Å². The van der Waals surface area contributed by atoms with E-state index < -0.39 is 10.0 Å². The number of aromatic nitrogens is 2. The Bertz CT molecular complexity index is 1170. The SMILES string of the molecule is CN1CCN(S(=O)(=O)c2ccc(Nc3ncc4c(n3)N(C3CCCC3)CCC(=O)N4C)cc2)CC1. The lowest BCUT2D eigenvalue weighted by Crippen LogP contribution is -2.46. The lowest BCUT2D eigenvalue weighted by Gasteiger charge is -2.31. The van der Waals surface area contributed by atoms with Crippen molar-refractivity contribution in [1.82, 2.24) is 19.2 Å². The highest BCUT2D eigenvalue weighted by atomic mass is 32.2. The third-order valence-electron chi connectivity index (χ3n) is 7.30. The van der Waals surface area contributed by atoms with Crippen molar-refractivity contribution in [2.24, 2.45) is 0 Å². The van der Waals surface area contributed by atoms with Crippen LogP contribution in [0, 0.1) is 0 Å². The lowest BCUT2D eigenvalue weighted by molar-refractivity contribution is -0.118. The van der Waals surface area contributed by atoms with E-state index in [0.717, 1.165) is 37.4 Å². The smallest absolute Gasteiger partial charge is 0.243 e. The molecule has 1 saturated carbocycles. The van der Waals surface area contributed by atoms with Gasteiger partial charge in [-0.25, -0.2) is 13.4 Å². The van der Waals surface area contributed by atoms with E-state index in [4.69, 9.17) is 4.98 Å². The zero-order chi connectivity index (χ0) is 24.6. The second-order valence-electron chi connectivity index (χ2n) is 9.59. The normalized spacial score (nSPS) is 20.7. The number of nitrogens with one attached hydrogen (secondary N) is 1. The number of nitrogens with zero attached hydrogens (tertiary/aromatic N) is 6. The van der Waals surface area contributed by atoms with Crippen LogP contribution in [-0.2, 0) is 14.8 Å². The number of fused-ring (bicyclic) bond motifs is 1. The van der Waals surface area contributed by atoms with Crippen molar-refractivity contribution in [3.63, 3.8) is 0 Å². The first-order chi connectivity index (χ1) is 16.8. The molecule has 2 fully saturated rings. The fourth-order valence-corrected chi connectivity index (χ4v) is 6.51. The molecular formula is C24H33N7O3S. The molecule has 1 N–H and O–H groups in total. The third kappa shape index (κ3) is 4.85. The Kier molecular flexibility index (Phi) is 6.65. The van der Waals surface area contributed by atoms with Gasteiger partial charge in [-0.1, -0.05) is 12.8 Å². The summed E-state index contributed by atoms with van der Waals surface area (Å²) in [7, 11) is 0.255. The summed E-state index contributed by atoms with van der Waals surface area (Å²) in [5, 5.41) is 3.21. The molecule has 3 aliphatic rings. The Balaban J connectivity index is 1.36. The summed E-state index contributed by atoms with van der Waals surface area (Å²) in [6, 6.07) is 7.10. The molecule has 0 bridgehead atoms. The molecule has 2 aliphatic heterocycles.